The first-order valence-corrected chi connectivity index (χ1v) is 13.6. The largest absolute Gasteiger partial charge is 0.477 e. The van der Waals surface area contributed by atoms with Crippen molar-refractivity contribution in [1.82, 2.24) is 40.2 Å². The van der Waals surface area contributed by atoms with Crippen LogP contribution in [0.4, 0.5) is 5.13 Å². The molecular formula is C18H20N10O5S3. The predicted octanol–water partition coefficient (Wildman–Crippen LogP) is -0.172. The number of tetrazole rings is 1. The number of nitrogens with zero attached hydrogens (tertiary/aromatic N) is 7. The Bertz CT molecular complexity index is 1230. The number of hydrogen-bond donors (Lipinski definition) is 4. The van der Waals surface area contributed by atoms with Gasteiger partial charge in [0.1, 0.15) is 23.2 Å². The van der Waals surface area contributed by atoms with Gasteiger partial charge in [0.2, 0.25) is 16.7 Å². The third kappa shape index (κ3) is 4.87. The molecule has 5 rings (SSSR count). The molecule has 2 aromatic heterocycles. The number of hydrogen-bond acceptors (Lipinski definition) is 14. The van der Waals surface area contributed by atoms with Crippen LogP contribution in [0.2, 0.25) is 0 Å². The number of nitrogens with two attached hydrogens (primary N) is 1. The number of oxime groups is 1. The first-order chi connectivity index (χ1) is 17.4. The van der Waals surface area contributed by atoms with E-state index in [0.29, 0.717) is 16.5 Å². The molecule has 0 radical (unpaired) electrons. The summed E-state index contributed by atoms with van der Waals surface area (Å²) in [6.45, 7) is 0. The Morgan fingerprint density at radius 2 is 2.17 bits per heavy atom. The molecule has 15 nitrogen and oxygen atoms in total. The summed E-state index contributed by atoms with van der Waals surface area (Å²) >= 11 is 3.46. The summed E-state index contributed by atoms with van der Waals surface area (Å²) in [5.41, 5.74) is 5.93. The summed E-state index contributed by atoms with van der Waals surface area (Å²) in [7, 11) is 0. The third-order valence-corrected chi connectivity index (χ3v) is 8.51. The van der Waals surface area contributed by atoms with E-state index >= 15 is 0 Å². The highest BCUT2D eigenvalue weighted by Gasteiger charge is 2.54. The quantitative estimate of drug-likeness (QED) is 0.138. The van der Waals surface area contributed by atoms with Gasteiger partial charge < -0.3 is 21.0 Å². The Hall–Kier alpha value is -3.25. The van der Waals surface area contributed by atoms with Gasteiger partial charge in [-0.15, -0.1) is 22.0 Å². The van der Waals surface area contributed by atoms with Crippen LogP contribution < -0.4 is 11.1 Å². The maximum atomic E-state index is 13.1. The first-order valence-electron chi connectivity index (χ1n) is 10.8. The second kappa shape index (κ2) is 10.4. The highest BCUT2D eigenvalue weighted by Crippen LogP contribution is 2.41. The van der Waals surface area contributed by atoms with E-state index in [1.165, 1.54) is 28.4 Å². The monoisotopic (exact) mass is 552 g/mol. The maximum absolute atomic E-state index is 13.1. The lowest BCUT2D eigenvalue weighted by atomic mass is 10.0. The molecule has 2 amide bonds. The average molecular weight is 553 g/mol. The minimum atomic E-state index is -1.23. The number of amides is 2. The van der Waals surface area contributed by atoms with Crippen molar-refractivity contribution >= 4 is 63.7 Å². The molecular weight excluding hydrogens is 532 g/mol. The number of carbonyl (C=O) groups excluding carboxylic acids is 2. The molecule has 2 atom stereocenters. The number of carboxylic acid groups (broad SMARTS) is 1. The normalized spacial score (nSPS) is 22.4. The average Bonchev–Trinajstić information content (AvgIpc) is 3.64. The van der Waals surface area contributed by atoms with Gasteiger partial charge >= 0.3 is 5.97 Å². The number of aliphatic carboxylic acids is 1. The molecule has 190 valence electrons. The number of nitrogens with one attached hydrogen (secondary N) is 2. The van der Waals surface area contributed by atoms with Crippen LogP contribution in [0.15, 0.2) is 21.6 Å². The molecule has 1 saturated carbocycles. The summed E-state index contributed by atoms with van der Waals surface area (Å²) in [6, 6.07) is -0.948. The van der Waals surface area contributed by atoms with Gasteiger partial charge in [-0.3, -0.25) is 14.5 Å². The minimum Gasteiger partial charge on any atom is -0.477 e. The van der Waals surface area contributed by atoms with E-state index in [2.05, 4.69) is 40.5 Å². The standard InChI is InChI=1S/C18H20N10O5S3/c19-17-21-12(25-36-17)9(24-33-8-3-1-2-4-8)13(29)20-10-14(30)28-11(16(31)32)7(5-34-15(10)28)6-35-18-22-26-27-23-18/h8,10,15H,1-6H2,(H,20,29)(H,31,32)(H2,19,21,25)(H,22,23,26,27)/t10?,15-/m0/s1. The molecule has 0 spiro atoms. The number of carbonyl (C=O) groups is 3. The summed E-state index contributed by atoms with van der Waals surface area (Å²) in [5.74, 6) is -1.85. The van der Waals surface area contributed by atoms with E-state index in [9.17, 15) is 19.5 Å². The Kier molecular flexibility index (Phi) is 7.06. The number of fused-ring (bicyclic) bond motifs is 1. The molecule has 5 N–H and O–H groups in total. The maximum Gasteiger partial charge on any atom is 0.352 e. The number of aromatic amines is 1. The van der Waals surface area contributed by atoms with E-state index in [1.54, 1.807) is 0 Å². The number of β-lactam (4-membered cyclic amide) rings is 1. The van der Waals surface area contributed by atoms with Gasteiger partial charge in [0.15, 0.2) is 5.13 Å². The number of nitrogen functional groups attached to an aromatic ring is 1. The molecule has 2 aliphatic heterocycles. The molecule has 3 aliphatic rings. The number of carboxylic acids is 1. The smallest absolute Gasteiger partial charge is 0.352 e. The van der Waals surface area contributed by atoms with Gasteiger partial charge in [-0.25, -0.2) is 4.79 Å². The zero-order valence-electron chi connectivity index (χ0n) is 18.5. The van der Waals surface area contributed by atoms with Crippen molar-refractivity contribution in [2.24, 2.45) is 5.16 Å². The molecule has 1 saturated heterocycles. The van der Waals surface area contributed by atoms with Gasteiger partial charge in [0.25, 0.3) is 11.8 Å². The first kappa shape index (κ1) is 24.4. The molecule has 18 heteroatoms. The highest BCUT2D eigenvalue weighted by atomic mass is 32.2. The van der Waals surface area contributed by atoms with Crippen LogP contribution in [0.1, 0.15) is 31.5 Å². The van der Waals surface area contributed by atoms with Crippen LogP contribution in [0.3, 0.4) is 0 Å². The Morgan fingerprint density at radius 1 is 1.36 bits per heavy atom. The number of H-pyrrole nitrogens is 1. The Labute approximate surface area is 215 Å². The van der Waals surface area contributed by atoms with E-state index < -0.39 is 29.2 Å². The molecule has 4 heterocycles. The van der Waals surface area contributed by atoms with E-state index in [4.69, 9.17) is 10.6 Å². The summed E-state index contributed by atoms with van der Waals surface area (Å²) in [5, 5.41) is 29.9. The number of rotatable bonds is 9. The fourth-order valence-electron chi connectivity index (χ4n) is 4.01. The van der Waals surface area contributed by atoms with E-state index in [1.807, 2.05) is 0 Å². The van der Waals surface area contributed by atoms with Crippen LogP contribution in [-0.2, 0) is 19.2 Å². The molecule has 1 unspecified atom stereocenters. The number of aromatic nitrogens is 6. The fourth-order valence-corrected chi connectivity index (χ4v) is 6.66. The van der Waals surface area contributed by atoms with Crippen LogP contribution in [-0.4, -0.2) is 92.5 Å². The molecule has 0 bridgehead atoms. The summed E-state index contributed by atoms with van der Waals surface area (Å²) in [4.78, 5) is 48.9. The fraction of sp³-hybridized carbons (Fsp3) is 0.500. The van der Waals surface area contributed by atoms with Gasteiger partial charge in [-0.05, 0) is 36.5 Å². The van der Waals surface area contributed by atoms with Crippen molar-refractivity contribution < 1.29 is 24.3 Å². The van der Waals surface area contributed by atoms with Crippen molar-refractivity contribution in [2.75, 3.05) is 17.2 Å². The molecule has 2 fully saturated rings. The zero-order valence-corrected chi connectivity index (χ0v) is 20.9. The van der Waals surface area contributed by atoms with Crippen LogP contribution in [0.5, 0.6) is 0 Å². The lowest BCUT2D eigenvalue weighted by Gasteiger charge is -2.49. The molecule has 1 aliphatic carbocycles. The third-order valence-electron chi connectivity index (χ3n) is 5.70. The molecule has 0 aromatic carbocycles. The van der Waals surface area contributed by atoms with Crippen molar-refractivity contribution in [3.05, 3.63) is 17.1 Å². The molecule has 2 aromatic rings. The van der Waals surface area contributed by atoms with Crippen molar-refractivity contribution in [2.45, 2.75) is 48.4 Å². The lowest BCUT2D eigenvalue weighted by molar-refractivity contribution is -0.150. The van der Waals surface area contributed by atoms with Crippen LogP contribution in [0, 0.1) is 0 Å². The van der Waals surface area contributed by atoms with Gasteiger partial charge in [-0.2, -0.15) is 14.6 Å². The van der Waals surface area contributed by atoms with Gasteiger partial charge in [-0.1, -0.05) is 16.9 Å². The topological polar surface area (TPSA) is 215 Å². The van der Waals surface area contributed by atoms with Gasteiger partial charge in [0, 0.05) is 23.0 Å². The van der Waals surface area contributed by atoms with Crippen molar-refractivity contribution in [1.29, 1.82) is 0 Å². The number of anilines is 1. The SMILES string of the molecule is Nc1nc(C(=NOC2CCCC2)C(=O)NC2C(=O)N3C(C(=O)O)=C(CSc4nn[nH]n4)CS[C@@H]23)ns1. The second-order valence-electron chi connectivity index (χ2n) is 8.01. The van der Waals surface area contributed by atoms with E-state index in [0.717, 1.165) is 37.2 Å². The van der Waals surface area contributed by atoms with Crippen molar-refractivity contribution in [3.8, 4) is 0 Å². The zero-order chi connectivity index (χ0) is 25.2. The predicted molar refractivity (Wildman–Crippen MR) is 129 cm³/mol. The highest BCUT2D eigenvalue weighted by molar-refractivity contribution is 8.01. The molecule has 36 heavy (non-hydrogen) atoms. The Morgan fingerprint density at radius 3 is 2.83 bits per heavy atom. The summed E-state index contributed by atoms with van der Waals surface area (Å²) < 4.78 is 4.05. The Balaban J connectivity index is 1.30. The lowest BCUT2D eigenvalue weighted by Crippen LogP contribution is -2.71. The number of thioether (sulfide) groups is 2. The second-order valence-corrected chi connectivity index (χ2v) is 10.8. The summed E-state index contributed by atoms with van der Waals surface area (Å²) in [6.07, 6.45) is 3.59. The van der Waals surface area contributed by atoms with Crippen LogP contribution in [0.25, 0.3) is 0 Å². The van der Waals surface area contributed by atoms with Crippen molar-refractivity contribution in [3.63, 3.8) is 0 Å². The van der Waals surface area contributed by atoms with Crippen LogP contribution >= 0.6 is 35.1 Å². The minimum absolute atomic E-state index is 0.000166. The van der Waals surface area contributed by atoms with E-state index in [-0.39, 0.29) is 34.2 Å². The van der Waals surface area contributed by atoms with Gasteiger partial charge in [0.05, 0.1) is 0 Å².